The smallest absolute Gasteiger partial charge is 0.179 e. The average molecular weight is 259 g/mol. The molecular weight excluding hydrogens is 238 g/mol. The number of aromatic nitrogens is 4. The second kappa shape index (κ2) is 5.48. The molecule has 2 rings (SSSR count). The van der Waals surface area contributed by atoms with E-state index in [1.165, 1.54) is 11.1 Å². The van der Waals surface area contributed by atoms with Gasteiger partial charge in [0.05, 0.1) is 6.54 Å². The first-order valence-electron chi connectivity index (χ1n) is 6.55. The van der Waals surface area contributed by atoms with Gasteiger partial charge in [0.15, 0.2) is 5.82 Å². The summed E-state index contributed by atoms with van der Waals surface area (Å²) in [5.41, 5.74) is 8.16. The molecule has 1 aromatic carbocycles. The fourth-order valence-corrected chi connectivity index (χ4v) is 1.86. The van der Waals surface area contributed by atoms with Gasteiger partial charge in [-0.3, -0.25) is 0 Å². The number of benzene rings is 1. The lowest BCUT2D eigenvalue weighted by Crippen LogP contribution is -2.12. The lowest BCUT2D eigenvalue weighted by atomic mass is 9.86. The van der Waals surface area contributed by atoms with Crippen molar-refractivity contribution in [2.75, 3.05) is 6.54 Å². The quantitative estimate of drug-likeness (QED) is 0.903. The molecule has 1 aromatic heterocycles. The molecule has 0 fully saturated rings. The summed E-state index contributed by atoms with van der Waals surface area (Å²) in [6.45, 7) is 7.76. The number of hydrogen-bond acceptors (Lipinski definition) is 4. The highest BCUT2D eigenvalue weighted by molar-refractivity contribution is 5.28. The summed E-state index contributed by atoms with van der Waals surface area (Å²) < 4.78 is 0. The zero-order valence-electron chi connectivity index (χ0n) is 11.8. The van der Waals surface area contributed by atoms with Crippen LogP contribution in [-0.4, -0.2) is 26.8 Å². The van der Waals surface area contributed by atoms with E-state index >= 15 is 0 Å². The highest BCUT2D eigenvalue weighted by Gasteiger charge is 2.13. The predicted molar refractivity (Wildman–Crippen MR) is 74.8 cm³/mol. The van der Waals surface area contributed by atoms with Gasteiger partial charge in [0, 0.05) is 13.0 Å². The van der Waals surface area contributed by atoms with E-state index in [9.17, 15) is 0 Å². The monoisotopic (exact) mass is 259 g/mol. The van der Waals surface area contributed by atoms with Crippen LogP contribution in [0.5, 0.6) is 0 Å². The third-order valence-electron chi connectivity index (χ3n) is 3.01. The molecule has 19 heavy (non-hydrogen) atoms. The third kappa shape index (κ3) is 3.61. The van der Waals surface area contributed by atoms with E-state index in [0.29, 0.717) is 19.5 Å². The minimum atomic E-state index is 0.182. The Morgan fingerprint density at radius 1 is 1.16 bits per heavy atom. The molecule has 0 aliphatic carbocycles. The van der Waals surface area contributed by atoms with Crippen LogP contribution in [0.25, 0.3) is 0 Å². The lowest BCUT2D eigenvalue weighted by Gasteiger charge is -2.18. The largest absolute Gasteiger partial charge is 0.329 e. The van der Waals surface area contributed by atoms with Gasteiger partial charge >= 0.3 is 0 Å². The summed E-state index contributed by atoms with van der Waals surface area (Å²) in [6.07, 6.45) is 0.703. The molecule has 0 amide bonds. The van der Waals surface area contributed by atoms with Crippen molar-refractivity contribution < 1.29 is 0 Å². The van der Waals surface area contributed by atoms with Crippen molar-refractivity contribution in [2.24, 2.45) is 5.73 Å². The first-order valence-corrected chi connectivity index (χ1v) is 6.55. The van der Waals surface area contributed by atoms with Crippen LogP contribution in [0.3, 0.4) is 0 Å². The van der Waals surface area contributed by atoms with Crippen LogP contribution >= 0.6 is 0 Å². The maximum Gasteiger partial charge on any atom is 0.179 e. The van der Waals surface area contributed by atoms with Crippen molar-refractivity contribution in [3.8, 4) is 0 Å². The zero-order valence-corrected chi connectivity index (χ0v) is 11.8. The Morgan fingerprint density at radius 2 is 1.84 bits per heavy atom. The second-order valence-electron chi connectivity index (χ2n) is 5.71. The second-order valence-corrected chi connectivity index (χ2v) is 5.71. The van der Waals surface area contributed by atoms with E-state index in [4.69, 9.17) is 5.73 Å². The van der Waals surface area contributed by atoms with E-state index in [-0.39, 0.29) is 5.41 Å². The highest BCUT2D eigenvalue weighted by atomic mass is 15.6. The molecule has 2 aromatic rings. The maximum atomic E-state index is 5.45. The summed E-state index contributed by atoms with van der Waals surface area (Å²) in [5, 5.41) is 12.3. The molecule has 5 heteroatoms. The van der Waals surface area contributed by atoms with Gasteiger partial charge in [-0.2, -0.15) is 4.80 Å². The van der Waals surface area contributed by atoms with Crippen LogP contribution in [0.4, 0.5) is 0 Å². The first kappa shape index (κ1) is 13.7. The summed E-state index contributed by atoms with van der Waals surface area (Å²) in [4.78, 5) is 1.54. The van der Waals surface area contributed by atoms with Crippen LogP contribution in [0.2, 0.25) is 0 Å². The maximum absolute atomic E-state index is 5.45. The Hall–Kier alpha value is -1.75. The number of nitrogens with two attached hydrogens (primary N) is 1. The molecule has 0 spiro atoms. The van der Waals surface area contributed by atoms with Crippen LogP contribution in [0.15, 0.2) is 24.3 Å². The Kier molecular flexibility index (Phi) is 3.95. The number of nitrogens with zero attached hydrogens (tertiary/aromatic N) is 4. The topological polar surface area (TPSA) is 69.6 Å². The standard InChI is InChI=1S/C14H21N5/c1-14(2,3)12-6-4-11(5-7-12)10-13-16-18-19(17-13)9-8-15/h4-7H,8-10,15H2,1-3H3. The Balaban J connectivity index is 2.06. The van der Waals surface area contributed by atoms with E-state index < -0.39 is 0 Å². The minimum Gasteiger partial charge on any atom is -0.329 e. The van der Waals surface area contributed by atoms with Crippen molar-refractivity contribution in [1.29, 1.82) is 0 Å². The zero-order chi connectivity index (χ0) is 13.9. The van der Waals surface area contributed by atoms with Gasteiger partial charge in [-0.05, 0) is 21.8 Å². The molecule has 0 bridgehead atoms. The SMILES string of the molecule is CC(C)(C)c1ccc(Cc2nnn(CCN)n2)cc1. The van der Waals surface area contributed by atoms with Gasteiger partial charge in [0.1, 0.15) is 0 Å². The molecule has 2 N–H and O–H groups in total. The molecule has 5 nitrogen and oxygen atoms in total. The third-order valence-corrected chi connectivity index (χ3v) is 3.01. The van der Waals surface area contributed by atoms with Gasteiger partial charge in [-0.1, -0.05) is 45.0 Å². The van der Waals surface area contributed by atoms with E-state index in [0.717, 1.165) is 5.82 Å². The molecule has 102 valence electrons. The average Bonchev–Trinajstić information content (AvgIpc) is 2.77. The van der Waals surface area contributed by atoms with Gasteiger partial charge in [-0.15, -0.1) is 10.2 Å². The summed E-state index contributed by atoms with van der Waals surface area (Å²) in [6, 6.07) is 8.59. The molecule has 0 aliphatic rings. The predicted octanol–water partition coefficient (Wildman–Crippen LogP) is 1.52. The Labute approximate surface area is 113 Å². The first-order chi connectivity index (χ1) is 8.99. The summed E-state index contributed by atoms with van der Waals surface area (Å²) >= 11 is 0. The molecular formula is C14H21N5. The molecule has 0 saturated carbocycles. The molecule has 0 atom stereocenters. The number of tetrazole rings is 1. The van der Waals surface area contributed by atoms with Crippen LogP contribution in [0.1, 0.15) is 37.7 Å². The van der Waals surface area contributed by atoms with Crippen molar-refractivity contribution in [3.63, 3.8) is 0 Å². The fourth-order valence-electron chi connectivity index (χ4n) is 1.86. The Morgan fingerprint density at radius 3 is 2.42 bits per heavy atom. The molecule has 0 saturated heterocycles. The van der Waals surface area contributed by atoms with Gasteiger partial charge in [0.25, 0.3) is 0 Å². The minimum absolute atomic E-state index is 0.182. The molecule has 0 aliphatic heterocycles. The number of hydrogen-bond donors (Lipinski definition) is 1. The molecule has 1 heterocycles. The van der Waals surface area contributed by atoms with E-state index in [1.54, 1.807) is 4.80 Å². The fraction of sp³-hybridized carbons (Fsp3) is 0.500. The van der Waals surface area contributed by atoms with Gasteiger partial charge in [0.2, 0.25) is 0 Å². The van der Waals surface area contributed by atoms with Crippen molar-refractivity contribution in [3.05, 3.63) is 41.2 Å². The van der Waals surface area contributed by atoms with Gasteiger partial charge < -0.3 is 5.73 Å². The van der Waals surface area contributed by atoms with Crippen LogP contribution < -0.4 is 5.73 Å². The van der Waals surface area contributed by atoms with Crippen molar-refractivity contribution in [1.82, 2.24) is 20.2 Å². The summed E-state index contributed by atoms with van der Waals surface area (Å²) in [5.74, 6) is 0.733. The number of rotatable bonds is 4. The van der Waals surface area contributed by atoms with Gasteiger partial charge in [-0.25, -0.2) is 0 Å². The van der Waals surface area contributed by atoms with E-state index in [1.807, 2.05) is 0 Å². The Bertz CT molecular complexity index is 522. The van der Waals surface area contributed by atoms with E-state index in [2.05, 4.69) is 60.4 Å². The van der Waals surface area contributed by atoms with Crippen LogP contribution in [-0.2, 0) is 18.4 Å². The van der Waals surface area contributed by atoms with Crippen molar-refractivity contribution in [2.45, 2.75) is 39.2 Å². The normalized spacial score (nSPS) is 11.8. The molecule has 0 radical (unpaired) electrons. The van der Waals surface area contributed by atoms with Crippen molar-refractivity contribution >= 4 is 0 Å². The highest BCUT2D eigenvalue weighted by Crippen LogP contribution is 2.22. The van der Waals surface area contributed by atoms with Crippen LogP contribution in [0, 0.1) is 0 Å². The molecule has 0 unspecified atom stereocenters. The lowest BCUT2D eigenvalue weighted by molar-refractivity contribution is 0.529. The summed E-state index contributed by atoms with van der Waals surface area (Å²) in [7, 11) is 0.